The number of nitrogens with zero attached hydrogens (tertiary/aromatic N) is 1. The van der Waals surface area contributed by atoms with Gasteiger partial charge in [-0.25, -0.2) is 0 Å². The van der Waals surface area contributed by atoms with Gasteiger partial charge in [0.05, 0.1) is 6.61 Å². The zero-order chi connectivity index (χ0) is 18.2. The van der Waals surface area contributed by atoms with Crippen molar-refractivity contribution in [2.24, 2.45) is 0 Å². The quantitative estimate of drug-likeness (QED) is 0.756. The van der Waals surface area contributed by atoms with Crippen LogP contribution in [0.4, 0.5) is 0 Å². The van der Waals surface area contributed by atoms with E-state index in [1.165, 1.54) is 32.4 Å². The highest BCUT2D eigenvalue weighted by Gasteiger charge is 2.10. The van der Waals surface area contributed by atoms with Gasteiger partial charge in [-0.3, -0.25) is 4.90 Å². The Morgan fingerprint density at radius 1 is 0.885 bits per heavy atom. The fourth-order valence-corrected chi connectivity index (χ4v) is 3.06. The lowest BCUT2D eigenvalue weighted by molar-refractivity contribution is 0.183. The Labute approximate surface area is 155 Å². The lowest BCUT2D eigenvalue weighted by atomic mass is 10.1. The predicted octanol–water partition coefficient (Wildman–Crippen LogP) is 4.45. The molecule has 2 aromatic carbocycles. The summed E-state index contributed by atoms with van der Waals surface area (Å²) in [5.74, 6) is 2.78. The van der Waals surface area contributed by atoms with Crippen molar-refractivity contribution in [1.29, 1.82) is 0 Å². The van der Waals surface area contributed by atoms with Gasteiger partial charge in [0.1, 0.15) is 23.9 Å². The maximum absolute atomic E-state index is 9.59. The van der Waals surface area contributed by atoms with E-state index in [2.05, 4.69) is 4.90 Å². The molecular weight excluding hydrogens is 330 g/mol. The van der Waals surface area contributed by atoms with Gasteiger partial charge < -0.3 is 19.3 Å². The van der Waals surface area contributed by atoms with Crippen LogP contribution in [0.1, 0.15) is 26.2 Å². The molecule has 1 saturated heterocycles. The second-order valence-electron chi connectivity index (χ2n) is 6.39. The van der Waals surface area contributed by atoms with Crippen molar-refractivity contribution in [3.8, 4) is 28.7 Å². The first-order valence-electron chi connectivity index (χ1n) is 9.33. The molecule has 1 heterocycles. The topological polar surface area (TPSA) is 51.2 Å². The molecule has 5 heteroatoms. The molecule has 0 bridgehead atoms. The van der Waals surface area contributed by atoms with E-state index in [0.717, 1.165) is 12.3 Å². The Bertz CT molecular complexity index is 681. The summed E-state index contributed by atoms with van der Waals surface area (Å²) in [4.78, 5) is 2.46. The first-order chi connectivity index (χ1) is 12.7. The molecule has 3 rings (SSSR count). The number of phenols is 1. The van der Waals surface area contributed by atoms with E-state index in [1.807, 2.05) is 31.2 Å². The van der Waals surface area contributed by atoms with Crippen molar-refractivity contribution in [3.63, 3.8) is 0 Å². The van der Waals surface area contributed by atoms with Crippen LogP contribution in [0, 0.1) is 0 Å². The summed E-state index contributed by atoms with van der Waals surface area (Å²) in [6.07, 6.45) is 3.95. The van der Waals surface area contributed by atoms with E-state index in [1.54, 1.807) is 18.2 Å². The number of piperidine rings is 1. The second-order valence-corrected chi connectivity index (χ2v) is 6.39. The van der Waals surface area contributed by atoms with Crippen molar-refractivity contribution in [1.82, 2.24) is 4.90 Å². The van der Waals surface area contributed by atoms with Crippen LogP contribution < -0.4 is 14.2 Å². The molecule has 1 N–H and O–H groups in total. The molecule has 1 aliphatic rings. The molecule has 1 fully saturated rings. The summed E-state index contributed by atoms with van der Waals surface area (Å²) in [6, 6.07) is 12.4. The molecule has 0 aromatic heterocycles. The number of rotatable bonds is 8. The third kappa shape index (κ3) is 5.30. The Kier molecular flexibility index (Phi) is 6.61. The van der Waals surface area contributed by atoms with Gasteiger partial charge in [0.15, 0.2) is 11.5 Å². The molecule has 26 heavy (non-hydrogen) atoms. The standard InChI is InChI=1S/C21H27NO4/c1-2-24-21-16-17(23)6-11-20(21)26-19-9-7-18(8-10-19)25-15-14-22-12-4-3-5-13-22/h6-11,16,23H,2-5,12-15H2,1H3. The number of aromatic hydroxyl groups is 1. The molecule has 0 amide bonds. The van der Waals surface area contributed by atoms with Crippen LogP contribution in [0.2, 0.25) is 0 Å². The summed E-state index contributed by atoms with van der Waals surface area (Å²) >= 11 is 0. The van der Waals surface area contributed by atoms with Crippen LogP contribution in [0.25, 0.3) is 0 Å². The molecule has 0 saturated carbocycles. The number of hydrogen-bond acceptors (Lipinski definition) is 5. The molecular formula is C21H27NO4. The lowest BCUT2D eigenvalue weighted by Crippen LogP contribution is -2.33. The van der Waals surface area contributed by atoms with E-state index in [0.29, 0.717) is 30.5 Å². The number of benzene rings is 2. The summed E-state index contributed by atoms with van der Waals surface area (Å²) in [6.45, 7) is 6.44. The highest BCUT2D eigenvalue weighted by molar-refractivity contribution is 5.47. The smallest absolute Gasteiger partial charge is 0.169 e. The monoisotopic (exact) mass is 357 g/mol. The van der Waals surface area contributed by atoms with Gasteiger partial charge in [-0.05, 0) is 69.3 Å². The lowest BCUT2D eigenvalue weighted by Gasteiger charge is -2.26. The summed E-state index contributed by atoms with van der Waals surface area (Å²) in [7, 11) is 0. The minimum atomic E-state index is 0.151. The predicted molar refractivity (Wildman–Crippen MR) is 102 cm³/mol. The zero-order valence-electron chi connectivity index (χ0n) is 15.3. The third-order valence-electron chi connectivity index (χ3n) is 4.40. The van der Waals surface area contributed by atoms with Crippen molar-refractivity contribution in [2.45, 2.75) is 26.2 Å². The average Bonchev–Trinajstić information content (AvgIpc) is 2.66. The first-order valence-corrected chi connectivity index (χ1v) is 9.33. The van der Waals surface area contributed by atoms with Crippen molar-refractivity contribution in [2.75, 3.05) is 32.8 Å². The van der Waals surface area contributed by atoms with Crippen LogP contribution in [-0.2, 0) is 0 Å². The number of hydrogen-bond donors (Lipinski definition) is 1. The Morgan fingerprint density at radius 2 is 1.62 bits per heavy atom. The number of likely N-dealkylation sites (tertiary alicyclic amines) is 1. The van der Waals surface area contributed by atoms with Crippen molar-refractivity contribution in [3.05, 3.63) is 42.5 Å². The van der Waals surface area contributed by atoms with Crippen LogP contribution >= 0.6 is 0 Å². The average molecular weight is 357 g/mol. The molecule has 0 radical (unpaired) electrons. The van der Waals surface area contributed by atoms with Crippen molar-refractivity contribution < 1.29 is 19.3 Å². The maximum Gasteiger partial charge on any atom is 0.169 e. The highest BCUT2D eigenvalue weighted by atomic mass is 16.5. The molecule has 2 aromatic rings. The maximum atomic E-state index is 9.59. The Hall–Kier alpha value is -2.40. The number of phenolic OH excluding ortho intramolecular Hbond substituents is 1. The second kappa shape index (κ2) is 9.34. The molecule has 0 atom stereocenters. The molecule has 140 valence electrons. The van der Waals surface area contributed by atoms with Crippen LogP contribution in [0.5, 0.6) is 28.7 Å². The third-order valence-corrected chi connectivity index (χ3v) is 4.40. The van der Waals surface area contributed by atoms with E-state index in [4.69, 9.17) is 14.2 Å². The normalized spacial score (nSPS) is 14.8. The van der Waals surface area contributed by atoms with Gasteiger partial charge in [0, 0.05) is 12.6 Å². The Balaban J connectivity index is 1.52. The molecule has 0 unspecified atom stereocenters. The van der Waals surface area contributed by atoms with E-state index < -0.39 is 0 Å². The van der Waals surface area contributed by atoms with Crippen LogP contribution in [0.15, 0.2) is 42.5 Å². The first kappa shape index (κ1) is 18.4. The van der Waals surface area contributed by atoms with Crippen molar-refractivity contribution >= 4 is 0 Å². The van der Waals surface area contributed by atoms with Gasteiger partial charge in [0.2, 0.25) is 0 Å². The minimum absolute atomic E-state index is 0.151. The van der Waals surface area contributed by atoms with Gasteiger partial charge in [-0.15, -0.1) is 0 Å². The van der Waals surface area contributed by atoms with E-state index >= 15 is 0 Å². The summed E-state index contributed by atoms with van der Waals surface area (Å²) in [5.41, 5.74) is 0. The number of ether oxygens (including phenoxy) is 3. The van der Waals surface area contributed by atoms with Gasteiger partial charge in [-0.2, -0.15) is 0 Å². The zero-order valence-corrected chi connectivity index (χ0v) is 15.3. The van der Waals surface area contributed by atoms with Gasteiger partial charge in [0.25, 0.3) is 0 Å². The Morgan fingerprint density at radius 3 is 2.35 bits per heavy atom. The molecule has 5 nitrogen and oxygen atoms in total. The van der Waals surface area contributed by atoms with E-state index in [-0.39, 0.29) is 5.75 Å². The summed E-state index contributed by atoms with van der Waals surface area (Å²) in [5, 5.41) is 9.59. The molecule has 0 spiro atoms. The highest BCUT2D eigenvalue weighted by Crippen LogP contribution is 2.34. The molecule has 1 aliphatic heterocycles. The minimum Gasteiger partial charge on any atom is -0.508 e. The fraction of sp³-hybridized carbons (Fsp3) is 0.429. The van der Waals surface area contributed by atoms with Crippen LogP contribution in [-0.4, -0.2) is 42.9 Å². The molecule has 0 aliphatic carbocycles. The van der Waals surface area contributed by atoms with Gasteiger partial charge in [-0.1, -0.05) is 6.42 Å². The van der Waals surface area contributed by atoms with E-state index in [9.17, 15) is 5.11 Å². The van der Waals surface area contributed by atoms with Gasteiger partial charge >= 0.3 is 0 Å². The SMILES string of the molecule is CCOc1cc(O)ccc1Oc1ccc(OCCN2CCCCC2)cc1. The summed E-state index contributed by atoms with van der Waals surface area (Å²) < 4.78 is 17.2. The largest absolute Gasteiger partial charge is 0.508 e. The van der Waals surface area contributed by atoms with Crippen LogP contribution in [0.3, 0.4) is 0 Å². The fourth-order valence-electron chi connectivity index (χ4n) is 3.06.